The normalized spacial score (nSPS) is 14.4. The molecular weight excluding hydrogens is 256 g/mol. The molecule has 19 heavy (non-hydrogen) atoms. The molecule has 0 bridgehead atoms. The minimum atomic E-state index is 0.122. The van der Waals surface area contributed by atoms with E-state index in [-0.39, 0.29) is 11.9 Å². The molecule has 0 aliphatic carbocycles. The topological polar surface area (TPSA) is 55.1 Å². The standard InChI is InChI=1S/C15H26N2OS/c1-4-13(14-6-5-7-19-14)17-15(18)9-12(10-16)8-11(2)3/h5-7,11-13H,4,8-10,16H2,1-3H3,(H,17,18)/t12-,13?/m0/s1. The molecule has 0 saturated carbocycles. The molecule has 0 saturated heterocycles. The number of nitrogens with two attached hydrogens (primary N) is 1. The smallest absolute Gasteiger partial charge is 0.220 e. The average Bonchev–Trinajstić information content (AvgIpc) is 2.88. The lowest BCUT2D eigenvalue weighted by Gasteiger charge is -2.20. The predicted molar refractivity (Wildman–Crippen MR) is 82.1 cm³/mol. The Hall–Kier alpha value is -0.870. The van der Waals surface area contributed by atoms with Crippen LogP contribution in [0, 0.1) is 11.8 Å². The summed E-state index contributed by atoms with van der Waals surface area (Å²) < 4.78 is 0. The summed E-state index contributed by atoms with van der Waals surface area (Å²) in [5, 5.41) is 5.17. The van der Waals surface area contributed by atoms with E-state index in [1.165, 1.54) is 4.88 Å². The number of hydrogen-bond donors (Lipinski definition) is 2. The van der Waals surface area contributed by atoms with Gasteiger partial charge in [-0.1, -0.05) is 26.8 Å². The van der Waals surface area contributed by atoms with Crippen molar-refractivity contribution >= 4 is 17.2 Å². The van der Waals surface area contributed by atoms with E-state index < -0.39 is 0 Å². The van der Waals surface area contributed by atoms with Crippen LogP contribution >= 0.6 is 11.3 Å². The Kier molecular flexibility index (Phi) is 7.10. The van der Waals surface area contributed by atoms with Crippen LogP contribution in [-0.4, -0.2) is 12.5 Å². The highest BCUT2D eigenvalue weighted by Crippen LogP contribution is 2.22. The van der Waals surface area contributed by atoms with Crippen molar-refractivity contribution in [3.8, 4) is 0 Å². The highest BCUT2D eigenvalue weighted by molar-refractivity contribution is 7.10. The summed E-state index contributed by atoms with van der Waals surface area (Å²) >= 11 is 1.69. The summed E-state index contributed by atoms with van der Waals surface area (Å²) in [4.78, 5) is 13.3. The predicted octanol–water partition coefficient (Wildman–Crippen LogP) is 3.33. The maximum atomic E-state index is 12.1. The molecule has 108 valence electrons. The van der Waals surface area contributed by atoms with E-state index in [9.17, 15) is 4.79 Å². The molecule has 0 aromatic carbocycles. The number of hydrogen-bond acceptors (Lipinski definition) is 3. The van der Waals surface area contributed by atoms with Crippen molar-refractivity contribution in [2.75, 3.05) is 6.54 Å². The monoisotopic (exact) mass is 282 g/mol. The van der Waals surface area contributed by atoms with Crippen LogP contribution in [0.2, 0.25) is 0 Å². The van der Waals surface area contributed by atoms with Gasteiger partial charge in [0.15, 0.2) is 0 Å². The molecule has 4 heteroatoms. The van der Waals surface area contributed by atoms with Gasteiger partial charge < -0.3 is 11.1 Å². The Morgan fingerprint density at radius 1 is 1.47 bits per heavy atom. The number of carbonyl (C=O) groups is 1. The van der Waals surface area contributed by atoms with Gasteiger partial charge in [0.05, 0.1) is 6.04 Å². The lowest BCUT2D eigenvalue weighted by molar-refractivity contribution is -0.122. The lowest BCUT2D eigenvalue weighted by atomic mass is 9.94. The van der Waals surface area contributed by atoms with Crippen molar-refractivity contribution in [2.45, 2.75) is 46.1 Å². The molecule has 0 aliphatic heterocycles. The van der Waals surface area contributed by atoms with Gasteiger partial charge in [0.2, 0.25) is 5.91 Å². The Bertz CT molecular complexity index is 362. The second-order valence-electron chi connectivity index (χ2n) is 5.48. The largest absolute Gasteiger partial charge is 0.348 e. The van der Waals surface area contributed by atoms with Gasteiger partial charge in [-0.3, -0.25) is 4.79 Å². The fraction of sp³-hybridized carbons (Fsp3) is 0.667. The van der Waals surface area contributed by atoms with Gasteiger partial charge in [-0.15, -0.1) is 11.3 Å². The zero-order valence-electron chi connectivity index (χ0n) is 12.2. The molecule has 1 unspecified atom stereocenters. The number of amides is 1. The van der Waals surface area contributed by atoms with Crippen LogP contribution < -0.4 is 11.1 Å². The van der Waals surface area contributed by atoms with Gasteiger partial charge in [0.1, 0.15) is 0 Å². The summed E-state index contributed by atoms with van der Waals surface area (Å²) in [5.41, 5.74) is 5.75. The highest BCUT2D eigenvalue weighted by atomic mass is 32.1. The van der Waals surface area contributed by atoms with Crippen LogP contribution in [0.15, 0.2) is 17.5 Å². The summed E-state index contributed by atoms with van der Waals surface area (Å²) in [6, 6.07) is 4.24. The molecule has 1 amide bonds. The zero-order valence-corrected chi connectivity index (χ0v) is 13.0. The second-order valence-corrected chi connectivity index (χ2v) is 6.46. The van der Waals surface area contributed by atoms with Gasteiger partial charge in [0.25, 0.3) is 0 Å². The maximum Gasteiger partial charge on any atom is 0.220 e. The summed E-state index contributed by atoms with van der Waals surface area (Å²) in [6.07, 6.45) is 2.47. The quantitative estimate of drug-likeness (QED) is 0.768. The first-order valence-electron chi connectivity index (χ1n) is 7.09. The van der Waals surface area contributed by atoms with Crippen LogP contribution in [-0.2, 0) is 4.79 Å². The van der Waals surface area contributed by atoms with E-state index >= 15 is 0 Å². The molecule has 2 atom stereocenters. The Morgan fingerprint density at radius 2 is 2.21 bits per heavy atom. The van der Waals surface area contributed by atoms with Crippen molar-refractivity contribution in [3.05, 3.63) is 22.4 Å². The molecule has 0 spiro atoms. The molecule has 1 aromatic heterocycles. The van der Waals surface area contributed by atoms with Gasteiger partial charge >= 0.3 is 0 Å². The first-order chi connectivity index (χ1) is 9.06. The van der Waals surface area contributed by atoms with Crippen LogP contribution in [0.25, 0.3) is 0 Å². The van der Waals surface area contributed by atoms with E-state index in [4.69, 9.17) is 5.73 Å². The van der Waals surface area contributed by atoms with Gasteiger partial charge in [-0.2, -0.15) is 0 Å². The third kappa shape index (κ3) is 5.74. The number of nitrogens with one attached hydrogen (secondary N) is 1. The fourth-order valence-corrected chi connectivity index (χ4v) is 3.17. The summed E-state index contributed by atoms with van der Waals surface area (Å²) in [5.74, 6) is 0.998. The zero-order chi connectivity index (χ0) is 14.3. The second kappa shape index (κ2) is 8.33. The Labute approximate surface area is 120 Å². The van der Waals surface area contributed by atoms with Crippen molar-refractivity contribution in [2.24, 2.45) is 17.6 Å². The van der Waals surface area contributed by atoms with E-state index in [1.54, 1.807) is 11.3 Å². The van der Waals surface area contributed by atoms with E-state index in [0.717, 1.165) is 12.8 Å². The van der Waals surface area contributed by atoms with Crippen LogP contribution in [0.4, 0.5) is 0 Å². The van der Waals surface area contributed by atoms with Crippen molar-refractivity contribution in [1.82, 2.24) is 5.32 Å². The molecule has 1 rings (SSSR count). The summed E-state index contributed by atoms with van der Waals surface area (Å²) in [7, 11) is 0. The molecule has 1 aromatic rings. The Balaban J connectivity index is 2.48. The van der Waals surface area contributed by atoms with Crippen LogP contribution in [0.3, 0.4) is 0 Å². The number of rotatable bonds is 8. The van der Waals surface area contributed by atoms with Gasteiger partial charge in [-0.25, -0.2) is 0 Å². The third-order valence-electron chi connectivity index (χ3n) is 3.24. The van der Waals surface area contributed by atoms with Gasteiger partial charge in [-0.05, 0) is 42.7 Å². The minimum absolute atomic E-state index is 0.122. The first kappa shape index (κ1) is 16.2. The first-order valence-corrected chi connectivity index (χ1v) is 7.97. The molecule has 0 radical (unpaired) electrons. The number of carbonyl (C=O) groups excluding carboxylic acids is 1. The van der Waals surface area contributed by atoms with Crippen molar-refractivity contribution in [1.29, 1.82) is 0 Å². The van der Waals surface area contributed by atoms with E-state index in [2.05, 4.69) is 32.2 Å². The molecule has 0 fully saturated rings. The highest BCUT2D eigenvalue weighted by Gasteiger charge is 2.17. The lowest BCUT2D eigenvalue weighted by Crippen LogP contribution is -2.31. The van der Waals surface area contributed by atoms with E-state index in [0.29, 0.717) is 24.8 Å². The van der Waals surface area contributed by atoms with Crippen molar-refractivity contribution < 1.29 is 4.79 Å². The molecule has 0 aliphatic rings. The van der Waals surface area contributed by atoms with Crippen LogP contribution in [0.1, 0.15) is 51.0 Å². The molecular formula is C15H26N2OS. The molecule has 3 N–H and O–H groups in total. The minimum Gasteiger partial charge on any atom is -0.348 e. The third-order valence-corrected chi connectivity index (χ3v) is 4.23. The Morgan fingerprint density at radius 3 is 2.68 bits per heavy atom. The van der Waals surface area contributed by atoms with Crippen LogP contribution in [0.5, 0.6) is 0 Å². The maximum absolute atomic E-state index is 12.1. The number of thiophene rings is 1. The average molecular weight is 282 g/mol. The molecule has 3 nitrogen and oxygen atoms in total. The van der Waals surface area contributed by atoms with Crippen molar-refractivity contribution in [3.63, 3.8) is 0 Å². The molecule has 1 heterocycles. The van der Waals surface area contributed by atoms with Gasteiger partial charge in [0, 0.05) is 11.3 Å². The fourth-order valence-electron chi connectivity index (χ4n) is 2.31. The SMILES string of the molecule is CCC(NC(=O)C[C@@H](CN)CC(C)C)c1cccs1. The summed E-state index contributed by atoms with van der Waals surface area (Å²) in [6.45, 7) is 7.02. The van der Waals surface area contributed by atoms with E-state index in [1.807, 2.05) is 11.4 Å².